The number of benzene rings is 1. The summed E-state index contributed by atoms with van der Waals surface area (Å²) in [6.07, 6.45) is 6.95. The fourth-order valence-electron chi connectivity index (χ4n) is 1.85. The normalized spacial score (nSPS) is 9.50. The monoisotopic (exact) mass is 484 g/mol. The average Bonchev–Trinajstić information content (AvgIpc) is 2.92. The largest absolute Gasteiger partial charge is 0.493 e. The van der Waals surface area contributed by atoms with E-state index in [0.29, 0.717) is 23.0 Å². The molecule has 34 heavy (non-hydrogen) atoms. The predicted molar refractivity (Wildman–Crippen MR) is 143 cm³/mol. The molecule has 1 atom stereocenters. The molecule has 1 aromatic rings. The topological polar surface area (TPSA) is 72.5 Å². The summed E-state index contributed by atoms with van der Waals surface area (Å²) >= 11 is 0. The molecule has 1 aromatic carbocycles. The molecule has 0 aliphatic carbocycles. The fraction of sp³-hybridized carbons (Fsp3) is 0.519. The molecule has 0 amide bonds. The number of carbonyl (C=O) groups excluding carboxylic acids is 1. The van der Waals surface area contributed by atoms with Gasteiger partial charge in [-0.25, -0.2) is 0 Å². The number of allylic oxidation sites excluding steroid dienone is 4. The van der Waals surface area contributed by atoms with Crippen LogP contribution in [0.3, 0.4) is 0 Å². The molecular weight excluding hydrogens is 436 g/mol. The lowest BCUT2D eigenvalue weighted by molar-refractivity contribution is -0.143. The lowest BCUT2D eigenvalue weighted by atomic mass is 10.2. The lowest BCUT2D eigenvalue weighted by Crippen LogP contribution is -2.24. The molecule has 0 N–H and O–H groups in total. The highest BCUT2D eigenvalue weighted by Gasteiger charge is 2.19. The van der Waals surface area contributed by atoms with Crippen molar-refractivity contribution in [2.24, 2.45) is 0 Å². The Kier molecular flexibility index (Phi) is 33.9. The standard InChI is InChI=1S/C15H22O7.C4H8.C4H6.2C2H6/c1-17-10(8-13(16)19-3)9-22-12-7-6-11(18-2)14(20-4)15(12)21-5;2*1-3-4-2;2*1-2/h6-7,10H,8-9H2,1-5H3;3-4H,1-2H3;3-4H,1-2H2;2*1-2H3/b;4-3-;;;. The molecule has 0 saturated heterocycles. The van der Waals surface area contributed by atoms with E-state index in [1.807, 2.05) is 53.7 Å². The van der Waals surface area contributed by atoms with Crippen LogP contribution in [-0.4, -0.2) is 54.2 Å². The van der Waals surface area contributed by atoms with Crippen LogP contribution < -0.4 is 18.9 Å². The molecule has 0 aromatic heterocycles. The molecular formula is C27H48O7. The van der Waals surface area contributed by atoms with Crippen molar-refractivity contribution in [1.29, 1.82) is 0 Å². The van der Waals surface area contributed by atoms with Crippen LogP contribution in [-0.2, 0) is 14.3 Å². The number of hydrogen-bond donors (Lipinski definition) is 0. The summed E-state index contributed by atoms with van der Waals surface area (Å²) in [6.45, 7) is 18.9. The van der Waals surface area contributed by atoms with Gasteiger partial charge in [-0.05, 0) is 26.0 Å². The molecule has 0 spiro atoms. The van der Waals surface area contributed by atoms with Crippen molar-refractivity contribution in [1.82, 2.24) is 0 Å². The van der Waals surface area contributed by atoms with Crippen molar-refractivity contribution in [3.63, 3.8) is 0 Å². The van der Waals surface area contributed by atoms with E-state index in [4.69, 9.17) is 23.7 Å². The van der Waals surface area contributed by atoms with E-state index >= 15 is 0 Å². The van der Waals surface area contributed by atoms with E-state index in [2.05, 4.69) is 17.9 Å². The van der Waals surface area contributed by atoms with Crippen LogP contribution in [0.15, 0.2) is 49.6 Å². The second-order valence-corrected chi connectivity index (χ2v) is 5.42. The third-order valence-corrected chi connectivity index (χ3v) is 3.55. The summed E-state index contributed by atoms with van der Waals surface area (Å²) in [5, 5.41) is 0. The molecule has 0 aliphatic rings. The highest BCUT2D eigenvalue weighted by Crippen LogP contribution is 2.43. The van der Waals surface area contributed by atoms with Gasteiger partial charge in [0.15, 0.2) is 11.5 Å². The molecule has 198 valence electrons. The first-order valence-corrected chi connectivity index (χ1v) is 11.3. The van der Waals surface area contributed by atoms with Crippen molar-refractivity contribution >= 4 is 5.97 Å². The SMILES string of the molecule is C/C=C\C.C=CC=C.CC.CC.COC(=O)CC(COc1ccc(OC)c(OC)c1OC)OC. The molecule has 1 rings (SSSR count). The molecule has 0 bridgehead atoms. The fourth-order valence-corrected chi connectivity index (χ4v) is 1.85. The van der Waals surface area contributed by atoms with E-state index < -0.39 is 6.10 Å². The number of carbonyl (C=O) groups is 1. The van der Waals surface area contributed by atoms with E-state index in [9.17, 15) is 4.79 Å². The van der Waals surface area contributed by atoms with Crippen molar-refractivity contribution in [2.75, 3.05) is 42.2 Å². The Balaban J connectivity index is -0.000000314. The van der Waals surface area contributed by atoms with Crippen LogP contribution in [0.4, 0.5) is 0 Å². The van der Waals surface area contributed by atoms with Crippen LogP contribution in [0.2, 0.25) is 0 Å². The molecule has 1 unspecified atom stereocenters. The van der Waals surface area contributed by atoms with Gasteiger partial charge in [0.05, 0.1) is 34.9 Å². The average molecular weight is 485 g/mol. The van der Waals surface area contributed by atoms with Crippen LogP contribution in [0.25, 0.3) is 0 Å². The molecule has 0 aliphatic heterocycles. The predicted octanol–water partition coefficient (Wildman–Crippen LogP) is 6.66. The van der Waals surface area contributed by atoms with Gasteiger partial charge in [0, 0.05) is 7.11 Å². The highest BCUT2D eigenvalue weighted by molar-refractivity contribution is 5.69. The minimum atomic E-state index is -0.426. The number of rotatable bonds is 10. The van der Waals surface area contributed by atoms with Gasteiger partial charge in [-0.1, -0.05) is 65.2 Å². The Morgan fingerprint density at radius 2 is 1.26 bits per heavy atom. The second kappa shape index (κ2) is 30.1. The zero-order valence-electron chi connectivity index (χ0n) is 23.2. The Morgan fingerprint density at radius 3 is 1.59 bits per heavy atom. The second-order valence-electron chi connectivity index (χ2n) is 5.42. The minimum Gasteiger partial charge on any atom is -0.493 e. The molecule has 0 heterocycles. The Hall–Kier alpha value is -2.93. The van der Waals surface area contributed by atoms with E-state index in [-0.39, 0.29) is 19.0 Å². The highest BCUT2D eigenvalue weighted by atomic mass is 16.6. The van der Waals surface area contributed by atoms with E-state index in [0.717, 1.165) is 0 Å². The van der Waals surface area contributed by atoms with Gasteiger partial charge in [-0.2, -0.15) is 0 Å². The molecule has 0 saturated carbocycles. The van der Waals surface area contributed by atoms with Gasteiger partial charge in [0.25, 0.3) is 0 Å². The van der Waals surface area contributed by atoms with Gasteiger partial charge >= 0.3 is 5.97 Å². The van der Waals surface area contributed by atoms with Crippen molar-refractivity contribution < 1.29 is 33.2 Å². The van der Waals surface area contributed by atoms with Crippen LogP contribution in [0.5, 0.6) is 23.0 Å². The summed E-state index contributed by atoms with van der Waals surface area (Å²) in [6, 6.07) is 3.41. The third-order valence-electron chi connectivity index (χ3n) is 3.55. The first-order chi connectivity index (χ1) is 16.4. The minimum absolute atomic E-state index is 0.0998. The number of methoxy groups -OCH3 is 5. The van der Waals surface area contributed by atoms with Gasteiger partial charge < -0.3 is 28.4 Å². The number of ether oxygens (including phenoxy) is 6. The third kappa shape index (κ3) is 18.6. The molecule has 7 heteroatoms. The zero-order chi connectivity index (χ0) is 27.4. The maximum atomic E-state index is 11.3. The van der Waals surface area contributed by atoms with E-state index in [1.165, 1.54) is 35.5 Å². The van der Waals surface area contributed by atoms with Gasteiger partial charge in [0.2, 0.25) is 11.5 Å². The smallest absolute Gasteiger partial charge is 0.308 e. The Morgan fingerprint density at radius 1 is 0.824 bits per heavy atom. The van der Waals surface area contributed by atoms with Crippen LogP contribution in [0.1, 0.15) is 48.0 Å². The molecule has 0 fully saturated rings. The van der Waals surface area contributed by atoms with Gasteiger partial charge in [0.1, 0.15) is 12.7 Å². The molecule has 7 nitrogen and oxygen atoms in total. The number of hydrogen-bond acceptors (Lipinski definition) is 7. The summed E-state index contributed by atoms with van der Waals surface area (Å²) in [7, 11) is 7.39. The Bertz CT molecular complexity index is 630. The summed E-state index contributed by atoms with van der Waals surface area (Å²) in [5.41, 5.74) is 0. The number of esters is 1. The quantitative estimate of drug-likeness (QED) is 0.209. The van der Waals surface area contributed by atoms with Crippen LogP contribution in [0, 0.1) is 0 Å². The zero-order valence-corrected chi connectivity index (χ0v) is 23.2. The van der Waals surface area contributed by atoms with E-state index in [1.54, 1.807) is 24.3 Å². The first kappa shape index (κ1) is 38.3. The summed E-state index contributed by atoms with van der Waals surface area (Å²) in [4.78, 5) is 11.3. The van der Waals surface area contributed by atoms with Crippen LogP contribution >= 0.6 is 0 Å². The lowest BCUT2D eigenvalue weighted by Gasteiger charge is -2.19. The first-order valence-electron chi connectivity index (χ1n) is 11.3. The maximum Gasteiger partial charge on any atom is 0.308 e. The summed E-state index contributed by atoms with van der Waals surface area (Å²) in [5.74, 6) is 1.48. The summed E-state index contributed by atoms with van der Waals surface area (Å²) < 4.78 is 31.3. The molecule has 0 radical (unpaired) electrons. The van der Waals surface area contributed by atoms with Crippen molar-refractivity contribution in [3.05, 3.63) is 49.6 Å². The maximum absolute atomic E-state index is 11.3. The van der Waals surface area contributed by atoms with Crippen molar-refractivity contribution in [2.45, 2.75) is 54.1 Å². The van der Waals surface area contributed by atoms with Gasteiger partial charge in [-0.15, -0.1) is 0 Å². The Labute approximate surface area is 208 Å². The van der Waals surface area contributed by atoms with Gasteiger partial charge in [-0.3, -0.25) is 4.79 Å². The van der Waals surface area contributed by atoms with Crippen molar-refractivity contribution in [3.8, 4) is 23.0 Å².